The molecule has 5 rings (SSSR count). The van der Waals surface area contributed by atoms with Crippen LogP contribution in [0.1, 0.15) is 54.1 Å². The number of hydrogen-bond donors (Lipinski definition) is 1. The molecule has 2 fully saturated rings. The van der Waals surface area contributed by atoms with Crippen LogP contribution >= 0.6 is 11.6 Å². The highest BCUT2D eigenvalue weighted by atomic mass is 35.5. The number of esters is 1. The van der Waals surface area contributed by atoms with Crippen molar-refractivity contribution in [2.24, 2.45) is 17.8 Å². The Kier molecular flexibility index (Phi) is 7.12. The van der Waals surface area contributed by atoms with Gasteiger partial charge >= 0.3 is 5.97 Å². The molecule has 0 spiro atoms. The van der Waals surface area contributed by atoms with Crippen LogP contribution < -0.4 is 5.32 Å². The Labute approximate surface area is 217 Å². The molecule has 0 aromatic heterocycles. The normalized spacial score (nSPS) is 24.2. The number of rotatable bonds is 7. The summed E-state index contributed by atoms with van der Waals surface area (Å²) in [5.74, 6) is 0.725. The summed E-state index contributed by atoms with van der Waals surface area (Å²) in [7, 11) is -3.85. The summed E-state index contributed by atoms with van der Waals surface area (Å²) in [6.07, 6.45) is 5.53. The molecule has 2 bridgehead atoms. The van der Waals surface area contributed by atoms with Gasteiger partial charge in [0, 0.05) is 19.1 Å². The smallest absolute Gasteiger partial charge is 0.340 e. The molecule has 2 aromatic carbocycles. The molecule has 0 unspecified atom stereocenters. The lowest BCUT2D eigenvalue weighted by Crippen LogP contribution is -2.42. The maximum absolute atomic E-state index is 13.3. The Morgan fingerprint density at radius 2 is 1.92 bits per heavy atom. The van der Waals surface area contributed by atoms with E-state index in [1.807, 2.05) is 31.2 Å². The number of ether oxygens (including phenoxy) is 1. The summed E-state index contributed by atoms with van der Waals surface area (Å²) >= 11 is 6.21. The molecule has 1 heterocycles. The second kappa shape index (κ2) is 10.1. The van der Waals surface area contributed by atoms with E-state index in [2.05, 4.69) is 5.32 Å². The Hall–Kier alpha value is -2.42. The summed E-state index contributed by atoms with van der Waals surface area (Å²) < 4.78 is 33.2. The predicted molar refractivity (Wildman–Crippen MR) is 136 cm³/mol. The van der Waals surface area contributed by atoms with Gasteiger partial charge < -0.3 is 10.1 Å². The number of benzene rings is 2. The Morgan fingerprint density at radius 1 is 1.14 bits per heavy atom. The third-order valence-corrected chi connectivity index (χ3v) is 10.2. The van der Waals surface area contributed by atoms with Crippen LogP contribution in [0.2, 0.25) is 5.02 Å². The molecule has 1 amide bonds. The van der Waals surface area contributed by atoms with E-state index in [-0.39, 0.29) is 34.0 Å². The molecule has 4 atom stereocenters. The molecule has 192 valence electrons. The molecule has 2 saturated carbocycles. The standard InChI is InChI=1S/C27H31ClN2O5S/c1-17(23-13-18-6-7-20(23)12-18)29-26(31)16-35-27(32)24-14-22(8-9-25(24)28)36(33,34)30-11-10-19-4-2-3-5-21(19)15-30/h2-5,8-9,14,17-18,20,23H,6-7,10-13,15-16H2,1H3,(H,29,31)/t17-,18-,20-,23+/m0/s1. The first-order valence-corrected chi connectivity index (χ1v) is 14.4. The van der Waals surface area contributed by atoms with Crippen molar-refractivity contribution in [3.05, 3.63) is 64.2 Å². The summed E-state index contributed by atoms with van der Waals surface area (Å²) in [4.78, 5) is 25.2. The second-order valence-corrected chi connectivity index (χ2v) is 12.6. The number of nitrogens with zero attached hydrogens (tertiary/aromatic N) is 1. The van der Waals surface area contributed by atoms with E-state index in [9.17, 15) is 18.0 Å². The molecule has 36 heavy (non-hydrogen) atoms. The third-order valence-electron chi connectivity index (χ3n) is 8.05. The van der Waals surface area contributed by atoms with Gasteiger partial charge in [0.1, 0.15) is 0 Å². The lowest BCUT2D eigenvalue weighted by atomic mass is 9.84. The average molecular weight is 531 g/mol. The van der Waals surface area contributed by atoms with Crippen molar-refractivity contribution in [1.82, 2.24) is 9.62 Å². The van der Waals surface area contributed by atoms with Crippen LogP contribution in [0.5, 0.6) is 0 Å². The van der Waals surface area contributed by atoms with Gasteiger partial charge in [0.05, 0.1) is 15.5 Å². The van der Waals surface area contributed by atoms with E-state index in [1.54, 1.807) is 0 Å². The quantitative estimate of drug-likeness (QED) is 0.542. The van der Waals surface area contributed by atoms with Crippen LogP contribution in [0.25, 0.3) is 0 Å². The van der Waals surface area contributed by atoms with Crippen LogP contribution in [0.3, 0.4) is 0 Å². The minimum atomic E-state index is -3.85. The molecule has 2 aliphatic carbocycles. The van der Waals surface area contributed by atoms with Crippen molar-refractivity contribution in [2.45, 2.75) is 56.5 Å². The van der Waals surface area contributed by atoms with Gasteiger partial charge in [-0.05, 0) is 79.7 Å². The molecule has 9 heteroatoms. The zero-order valence-electron chi connectivity index (χ0n) is 20.3. The summed E-state index contributed by atoms with van der Waals surface area (Å²) in [6.45, 7) is 2.18. The maximum Gasteiger partial charge on any atom is 0.340 e. The number of fused-ring (bicyclic) bond motifs is 3. The van der Waals surface area contributed by atoms with E-state index in [4.69, 9.17) is 16.3 Å². The Morgan fingerprint density at radius 3 is 2.64 bits per heavy atom. The molecule has 3 aliphatic rings. The van der Waals surface area contributed by atoms with Gasteiger partial charge in [-0.3, -0.25) is 4.79 Å². The van der Waals surface area contributed by atoms with Crippen molar-refractivity contribution in [3.8, 4) is 0 Å². The average Bonchev–Trinajstić information content (AvgIpc) is 3.51. The number of hydrogen-bond acceptors (Lipinski definition) is 5. The molecule has 0 saturated heterocycles. The van der Waals surface area contributed by atoms with E-state index in [0.29, 0.717) is 24.8 Å². The van der Waals surface area contributed by atoms with Gasteiger partial charge in [-0.15, -0.1) is 0 Å². The number of nitrogens with one attached hydrogen (secondary N) is 1. The van der Waals surface area contributed by atoms with E-state index in [0.717, 1.165) is 23.5 Å². The third kappa shape index (κ3) is 5.04. The Balaban J connectivity index is 1.22. The van der Waals surface area contributed by atoms with Gasteiger partial charge in [0.2, 0.25) is 10.0 Å². The highest BCUT2D eigenvalue weighted by Gasteiger charge is 2.42. The van der Waals surface area contributed by atoms with Gasteiger partial charge in [-0.1, -0.05) is 42.3 Å². The fourth-order valence-corrected chi connectivity index (χ4v) is 7.80. The molecule has 7 nitrogen and oxygen atoms in total. The van der Waals surface area contributed by atoms with Crippen molar-refractivity contribution in [1.29, 1.82) is 0 Å². The van der Waals surface area contributed by atoms with Crippen molar-refractivity contribution >= 4 is 33.5 Å². The highest BCUT2D eigenvalue weighted by Crippen LogP contribution is 2.49. The minimum absolute atomic E-state index is 0.0261. The SMILES string of the molecule is C[C@H](NC(=O)COC(=O)c1cc(S(=O)(=O)N2CCc3ccccc3C2)ccc1Cl)[C@H]1C[C@H]2CC[C@H]1C2. The monoisotopic (exact) mass is 530 g/mol. The van der Waals surface area contributed by atoms with Gasteiger partial charge in [0.25, 0.3) is 5.91 Å². The summed E-state index contributed by atoms with van der Waals surface area (Å²) in [5, 5.41) is 3.03. The maximum atomic E-state index is 13.3. The highest BCUT2D eigenvalue weighted by molar-refractivity contribution is 7.89. The number of amides is 1. The van der Waals surface area contributed by atoms with Gasteiger partial charge in [-0.25, -0.2) is 13.2 Å². The van der Waals surface area contributed by atoms with E-state index in [1.165, 1.54) is 41.8 Å². The lowest BCUT2D eigenvalue weighted by molar-refractivity contribution is -0.125. The molecule has 1 aliphatic heterocycles. The van der Waals surface area contributed by atoms with E-state index >= 15 is 0 Å². The van der Waals surface area contributed by atoms with Crippen LogP contribution in [0, 0.1) is 17.8 Å². The number of carbonyl (C=O) groups excluding carboxylic acids is 2. The molecular formula is C27H31ClN2O5S. The van der Waals surface area contributed by atoms with Gasteiger partial charge in [-0.2, -0.15) is 4.31 Å². The lowest BCUT2D eigenvalue weighted by Gasteiger charge is -2.28. The molecule has 1 N–H and O–H groups in total. The largest absolute Gasteiger partial charge is 0.452 e. The first kappa shape index (κ1) is 25.2. The van der Waals surface area contributed by atoms with Crippen LogP contribution in [-0.4, -0.2) is 43.8 Å². The minimum Gasteiger partial charge on any atom is -0.452 e. The summed E-state index contributed by atoms with van der Waals surface area (Å²) in [5.41, 5.74) is 2.02. The number of halogens is 1. The molecular weight excluding hydrogens is 500 g/mol. The molecule has 2 aromatic rings. The van der Waals surface area contributed by atoms with Crippen molar-refractivity contribution < 1.29 is 22.7 Å². The fraction of sp³-hybridized carbons (Fsp3) is 0.481. The first-order chi connectivity index (χ1) is 17.2. The number of sulfonamides is 1. The zero-order valence-corrected chi connectivity index (χ0v) is 21.9. The van der Waals surface area contributed by atoms with Crippen LogP contribution in [0.15, 0.2) is 47.4 Å². The van der Waals surface area contributed by atoms with Crippen molar-refractivity contribution in [3.63, 3.8) is 0 Å². The van der Waals surface area contributed by atoms with Crippen LogP contribution in [0.4, 0.5) is 0 Å². The van der Waals surface area contributed by atoms with Crippen LogP contribution in [-0.2, 0) is 32.5 Å². The van der Waals surface area contributed by atoms with E-state index < -0.39 is 22.6 Å². The van der Waals surface area contributed by atoms with Crippen molar-refractivity contribution in [2.75, 3.05) is 13.2 Å². The molecule has 0 radical (unpaired) electrons. The predicted octanol–water partition coefficient (Wildman–Crippen LogP) is 4.18. The zero-order chi connectivity index (χ0) is 25.4. The number of carbonyl (C=O) groups is 2. The fourth-order valence-electron chi connectivity index (χ4n) is 6.16. The summed E-state index contributed by atoms with van der Waals surface area (Å²) in [6, 6.07) is 11.8. The topological polar surface area (TPSA) is 92.8 Å². The Bertz CT molecular complexity index is 1280. The second-order valence-electron chi connectivity index (χ2n) is 10.3. The first-order valence-electron chi connectivity index (χ1n) is 12.6. The van der Waals surface area contributed by atoms with Gasteiger partial charge in [0.15, 0.2) is 6.61 Å².